The van der Waals surface area contributed by atoms with Crippen LogP contribution in [0.3, 0.4) is 0 Å². The highest BCUT2D eigenvalue weighted by Crippen LogP contribution is 2.27. The zero-order valence-corrected chi connectivity index (χ0v) is 22.9. The van der Waals surface area contributed by atoms with Gasteiger partial charge in [-0.05, 0) is 55.3 Å². The fourth-order valence-corrected chi connectivity index (χ4v) is 5.45. The topological polar surface area (TPSA) is 88.9 Å². The average Bonchev–Trinajstić information content (AvgIpc) is 3.50. The molecule has 0 aliphatic carbocycles. The van der Waals surface area contributed by atoms with Crippen molar-refractivity contribution < 1.29 is 28.2 Å². The largest absolute Gasteiger partial charge is 0.486 e. The predicted octanol–water partition coefficient (Wildman–Crippen LogP) is 5.72. The number of aromatic carboxylic acids is 1. The molecule has 0 saturated carbocycles. The summed E-state index contributed by atoms with van der Waals surface area (Å²) in [6, 6.07) is 14.0. The van der Waals surface area contributed by atoms with E-state index in [2.05, 4.69) is 14.8 Å². The fraction of sp³-hybridized carbons (Fsp3) is 0.333. The van der Waals surface area contributed by atoms with Crippen molar-refractivity contribution in [2.75, 3.05) is 25.0 Å². The standard InChI is InChI=1S/C30H29ClF2N4O4/c31-20-3-1-19(25(33)12-20)17-41-28-13-21(4-5-24(28)32)34-22-7-9-36(14-22)16-29-35-26-6-2-18(30(38)39)11-27(26)37(29)15-23-8-10-40-23/h1-6,11-13,22-23,34H,7-10,14-17H2,(H,38,39)/t22-,23+/m1/s1. The van der Waals surface area contributed by atoms with E-state index in [-0.39, 0.29) is 40.7 Å². The van der Waals surface area contributed by atoms with Crippen molar-refractivity contribution in [2.24, 2.45) is 0 Å². The van der Waals surface area contributed by atoms with E-state index in [1.54, 1.807) is 36.4 Å². The molecule has 214 valence electrons. The summed E-state index contributed by atoms with van der Waals surface area (Å²) in [5, 5.41) is 13.2. The lowest BCUT2D eigenvalue weighted by Crippen LogP contribution is -2.33. The predicted molar refractivity (Wildman–Crippen MR) is 150 cm³/mol. The van der Waals surface area contributed by atoms with E-state index in [0.717, 1.165) is 49.4 Å². The molecule has 11 heteroatoms. The number of hydrogen-bond acceptors (Lipinski definition) is 6. The van der Waals surface area contributed by atoms with E-state index in [1.165, 1.54) is 18.2 Å². The summed E-state index contributed by atoms with van der Waals surface area (Å²) in [4.78, 5) is 18.7. The van der Waals surface area contributed by atoms with Crippen LogP contribution >= 0.6 is 11.6 Å². The highest BCUT2D eigenvalue weighted by molar-refractivity contribution is 6.30. The van der Waals surface area contributed by atoms with E-state index >= 15 is 0 Å². The Hall–Kier alpha value is -3.73. The number of carboxylic acids is 1. The van der Waals surface area contributed by atoms with Gasteiger partial charge in [-0.1, -0.05) is 17.7 Å². The number of benzene rings is 3. The molecule has 0 radical (unpaired) electrons. The first-order chi connectivity index (χ1) is 19.8. The van der Waals surface area contributed by atoms with Gasteiger partial charge in [-0.25, -0.2) is 18.6 Å². The Bertz CT molecular complexity index is 1590. The second-order valence-corrected chi connectivity index (χ2v) is 10.9. The number of imidazole rings is 1. The lowest BCUT2D eigenvalue weighted by atomic mass is 10.1. The molecule has 0 spiro atoms. The van der Waals surface area contributed by atoms with Crippen LogP contribution in [0.5, 0.6) is 5.75 Å². The van der Waals surface area contributed by atoms with Gasteiger partial charge in [0.05, 0.1) is 35.8 Å². The van der Waals surface area contributed by atoms with Crippen LogP contribution < -0.4 is 10.1 Å². The maximum atomic E-state index is 14.4. The lowest BCUT2D eigenvalue weighted by Gasteiger charge is -2.28. The Balaban J connectivity index is 1.12. The number of anilines is 1. The molecule has 1 aromatic heterocycles. The second kappa shape index (κ2) is 11.6. The van der Waals surface area contributed by atoms with Crippen molar-refractivity contribution in [3.05, 3.63) is 88.2 Å². The molecule has 0 bridgehead atoms. The molecule has 2 aliphatic heterocycles. The lowest BCUT2D eigenvalue weighted by molar-refractivity contribution is -0.0591. The van der Waals surface area contributed by atoms with Crippen molar-refractivity contribution in [1.82, 2.24) is 14.5 Å². The molecular formula is C30H29ClF2N4O4. The van der Waals surface area contributed by atoms with Crippen LogP contribution in [0.25, 0.3) is 11.0 Å². The summed E-state index contributed by atoms with van der Waals surface area (Å²) < 4.78 is 41.9. The molecule has 41 heavy (non-hydrogen) atoms. The van der Waals surface area contributed by atoms with Crippen LogP contribution in [0.2, 0.25) is 5.02 Å². The molecule has 2 aliphatic rings. The highest BCUT2D eigenvalue weighted by Gasteiger charge is 2.27. The van der Waals surface area contributed by atoms with E-state index in [9.17, 15) is 18.7 Å². The summed E-state index contributed by atoms with van der Waals surface area (Å²) in [7, 11) is 0. The first-order valence-corrected chi connectivity index (χ1v) is 13.9. The number of ether oxygens (including phenoxy) is 2. The summed E-state index contributed by atoms with van der Waals surface area (Å²) in [6.45, 7) is 3.42. The summed E-state index contributed by atoms with van der Waals surface area (Å²) in [5.41, 5.74) is 2.77. The van der Waals surface area contributed by atoms with E-state index in [0.29, 0.717) is 18.8 Å². The molecule has 3 aromatic carbocycles. The third kappa shape index (κ3) is 6.14. The van der Waals surface area contributed by atoms with E-state index < -0.39 is 17.6 Å². The molecule has 2 fully saturated rings. The average molecular weight is 583 g/mol. The van der Waals surface area contributed by atoms with Crippen molar-refractivity contribution in [2.45, 2.75) is 44.7 Å². The molecule has 6 rings (SSSR count). The van der Waals surface area contributed by atoms with Gasteiger partial charge < -0.3 is 24.5 Å². The number of fused-ring (bicyclic) bond motifs is 1. The van der Waals surface area contributed by atoms with Crippen LogP contribution in [0.1, 0.15) is 34.6 Å². The minimum Gasteiger partial charge on any atom is -0.486 e. The van der Waals surface area contributed by atoms with Crippen molar-refractivity contribution in [1.29, 1.82) is 0 Å². The summed E-state index contributed by atoms with van der Waals surface area (Å²) >= 11 is 5.81. The van der Waals surface area contributed by atoms with Crippen LogP contribution in [0, 0.1) is 11.6 Å². The quantitative estimate of drug-likeness (QED) is 0.247. The van der Waals surface area contributed by atoms with Gasteiger partial charge in [0.25, 0.3) is 0 Å². The number of hydrogen-bond donors (Lipinski definition) is 2. The van der Waals surface area contributed by atoms with Crippen LogP contribution in [-0.4, -0.2) is 57.4 Å². The van der Waals surface area contributed by atoms with Gasteiger partial charge in [-0.3, -0.25) is 4.90 Å². The van der Waals surface area contributed by atoms with Gasteiger partial charge in [0, 0.05) is 48.1 Å². The zero-order valence-electron chi connectivity index (χ0n) is 22.2. The number of rotatable bonds is 10. The smallest absolute Gasteiger partial charge is 0.335 e. The summed E-state index contributed by atoms with van der Waals surface area (Å²) in [5.74, 6) is -1.11. The minimum atomic E-state index is -0.971. The van der Waals surface area contributed by atoms with Crippen molar-refractivity contribution >= 4 is 34.3 Å². The number of likely N-dealkylation sites (tertiary alicyclic amines) is 1. The van der Waals surface area contributed by atoms with E-state index in [1.807, 2.05) is 0 Å². The van der Waals surface area contributed by atoms with Crippen molar-refractivity contribution in [3.63, 3.8) is 0 Å². The minimum absolute atomic E-state index is 0.0341. The SMILES string of the molecule is O=C(O)c1ccc2nc(CN3CC[C@@H](Nc4ccc(F)c(OCc5ccc(Cl)cc5F)c4)C3)n(C[C@@H]3CCO3)c2c1. The van der Waals surface area contributed by atoms with Gasteiger partial charge in [-0.2, -0.15) is 0 Å². The summed E-state index contributed by atoms with van der Waals surface area (Å²) in [6.07, 6.45) is 1.93. The molecule has 3 heterocycles. The first kappa shape index (κ1) is 27.4. The maximum absolute atomic E-state index is 14.4. The molecule has 4 aromatic rings. The normalized spacial score (nSPS) is 18.9. The zero-order chi connectivity index (χ0) is 28.5. The van der Waals surface area contributed by atoms with Gasteiger partial charge in [0.1, 0.15) is 18.2 Å². The molecular weight excluding hydrogens is 554 g/mol. The number of halogens is 3. The Labute approximate surface area is 240 Å². The van der Waals surface area contributed by atoms with Gasteiger partial charge in [0.2, 0.25) is 0 Å². The second-order valence-electron chi connectivity index (χ2n) is 10.5. The number of nitrogens with one attached hydrogen (secondary N) is 1. The Morgan fingerprint density at radius 1 is 1.12 bits per heavy atom. The molecule has 2 atom stereocenters. The van der Waals surface area contributed by atoms with Crippen LogP contribution in [0.4, 0.5) is 14.5 Å². The van der Waals surface area contributed by atoms with Crippen LogP contribution in [-0.2, 0) is 24.4 Å². The third-order valence-electron chi connectivity index (χ3n) is 7.59. The number of carboxylic acid groups (broad SMARTS) is 1. The van der Waals surface area contributed by atoms with Gasteiger partial charge >= 0.3 is 5.97 Å². The molecule has 2 saturated heterocycles. The Morgan fingerprint density at radius 2 is 1.98 bits per heavy atom. The Kier molecular flexibility index (Phi) is 7.79. The van der Waals surface area contributed by atoms with Gasteiger partial charge in [0.15, 0.2) is 11.6 Å². The van der Waals surface area contributed by atoms with Crippen molar-refractivity contribution in [3.8, 4) is 5.75 Å². The first-order valence-electron chi connectivity index (χ1n) is 13.5. The van der Waals surface area contributed by atoms with E-state index in [4.69, 9.17) is 26.1 Å². The molecule has 0 amide bonds. The molecule has 0 unspecified atom stereocenters. The number of aromatic nitrogens is 2. The Morgan fingerprint density at radius 3 is 2.73 bits per heavy atom. The number of carbonyl (C=O) groups is 1. The van der Waals surface area contributed by atoms with Crippen LogP contribution in [0.15, 0.2) is 54.6 Å². The number of nitrogens with zero attached hydrogens (tertiary/aromatic N) is 3. The molecule has 2 N–H and O–H groups in total. The fourth-order valence-electron chi connectivity index (χ4n) is 5.29. The maximum Gasteiger partial charge on any atom is 0.335 e. The molecule has 8 nitrogen and oxygen atoms in total. The third-order valence-corrected chi connectivity index (χ3v) is 7.83. The monoisotopic (exact) mass is 582 g/mol. The van der Waals surface area contributed by atoms with Gasteiger partial charge in [-0.15, -0.1) is 0 Å². The highest BCUT2D eigenvalue weighted by atomic mass is 35.5.